The molecular formula is C14H28N2O4. The zero-order chi connectivity index (χ0) is 14.6. The summed E-state index contributed by atoms with van der Waals surface area (Å²) in [6.07, 6.45) is 0.406. The number of amides is 1. The topological polar surface area (TPSA) is 60.0 Å². The Labute approximate surface area is 121 Å². The van der Waals surface area contributed by atoms with E-state index in [1.54, 1.807) is 0 Å². The lowest BCUT2D eigenvalue weighted by atomic mass is 10.2. The maximum Gasteiger partial charge on any atom is 0.225 e. The van der Waals surface area contributed by atoms with Crippen LogP contribution in [0.4, 0.5) is 0 Å². The number of nitrogens with one attached hydrogen (secondary N) is 1. The minimum Gasteiger partial charge on any atom is -0.380 e. The SMILES string of the molecule is CCOCCN(CCOCC)C(=O)CC1CNCCO1. The lowest BCUT2D eigenvalue weighted by Crippen LogP contribution is -2.44. The molecule has 118 valence electrons. The first kappa shape index (κ1) is 17.4. The Bertz CT molecular complexity index is 248. The molecule has 1 amide bonds. The lowest BCUT2D eigenvalue weighted by Gasteiger charge is -2.27. The van der Waals surface area contributed by atoms with Gasteiger partial charge in [0.05, 0.1) is 32.3 Å². The monoisotopic (exact) mass is 288 g/mol. The number of carbonyl (C=O) groups excluding carboxylic acids is 1. The lowest BCUT2D eigenvalue weighted by molar-refractivity contribution is -0.136. The van der Waals surface area contributed by atoms with Crippen LogP contribution in [0.1, 0.15) is 20.3 Å². The molecule has 6 heteroatoms. The zero-order valence-corrected chi connectivity index (χ0v) is 12.7. The summed E-state index contributed by atoms with van der Waals surface area (Å²) in [4.78, 5) is 14.1. The van der Waals surface area contributed by atoms with Crippen molar-refractivity contribution in [1.82, 2.24) is 10.2 Å². The summed E-state index contributed by atoms with van der Waals surface area (Å²) in [5, 5.41) is 3.24. The molecule has 0 bridgehead atoms. The Morgan fingerprint density at radius 1 is 1.25 bits per heavy atom. The van der Waals surface area contributed by atoms with Crippen LogP contribution in [-0.2, 0) is 19.0 Å². The van der Waals surface area contributed by atoms with Gasteiger partial charge in [-0.05, 0) is 13.8 Å². The molecule has 1 N–H and O–H groups in total. The van der Waals surface area contributed by atoms with E-state index >= 15 is 0 Å². The molecule has 0 aromatic heterocycles. The van der Waals surface area contributed by atoms with Crippen LogP contribution in [0.3, 0.4) is 0 Å². The van der Waals surface area contributed by atoms with Gasteiger partial charge in [0, 0.05) is 39.4 Å². The average Bonchev–Trinajstić information content (AvgIpc) is 2.47. The third-order valence-corrected chi connectivity index (χ3v) is 3.18. The van der Waals surface area contributed by atoms with Crippen LogP contribution < -0.4 is 5.32 Å². The van der Waals surface area contributed by atoms with Gasteiger partial charge in [0.25, 0.3) is 0 Å². The van der Waals surface area contributed by atoms with Crippen LogP contribution in [0.25, 0.3) is 0 Å². The Hall–Kier alpha value is -0.690. The molecule has 1 saturated heterocycles. The molecule has 1 unspecified atom stereocenters. The molecule has 1 rings (SSSR count). The van der Waals surface area contributed by atoms with E-state index in [4.69, 9.17) is 14.2 Å². The number of ether oxygens (including phenoxy) is 3. The number of hydrogen-bond acceptors (Lipinski definition) is 5. The standard InChI is InChI=1S/C14H28N2O4/c1-3-18-9-6-16(7-10-19-4-2)14(17)11-13-12-15-5-8-20-13/h13,15H,3-12H2,1-2H3. The summed E-state index contributed by atoms with van der Waals surface area (Å²) < 4.78 is 16.2. The molecule has 0 aliphatic carbocycles. The molecule has 1 fully saturated rings. The van der Waals surface area contributed by atoms with Gasteiger partial charge in [-0.15, -0.1) is 0 Å². The van der Waals surface area contributed by atoms with Gasteiger partial charge in [-0.1, -0.05) is 0 Å². The first-order valence-corrected chi connectivity index (χ1v) is 7.53. The Morgan fingerprint density at radius 2 is 1.90 bits per heavy atom. The summed E-state index contributed by atoms with van der Waals surface area (Å²) in [6.45, 7) is 9.89. The number of rotatable bonds is 10. The smallest absolute Gasteiger partial charge is 0.225 e. The first-order chi connectivity index (χ1) is 9.77. The predicted molar refractivity (Wildman–Crippen MR) is 76.8 cm³/mol. The third kappa shape index (κ3) is 7.19. The van der Waals surface area contributed by atoms with Crippen molar-refractivity contribution in [3.05, 3.63) is 0 Å². The summed E-state index contributed by atoms with van der Waals surface area (Å²) >= 11 is 0. The van der Waals surface area contributed by atoms with Crippen LogP contribution in [0.5, 0.6) is 0 Å². The highest BCUT2D eigenvalue weighted by molar-refractivity contribution is 5.76. The van der Waals surface area contributed by atoms with E-state index in [0.29, 0.717) is 52.5 Å². The fraction of sp³-hybridized carbons (Fsp3) is 0.929. The maximum absolute atomic E-state index is 12.3. The van der Waals surface area contributed by atoms with Crippen LogP contribution in [0, 0.1) is 0 Å². The van der Waals surface area contributed by atoms with Crippen LogP contribution in [0.15, 0.2) is 0 Å². The Kier molecular flexibility index (Phi) is 9.57. The summed E-state index contributed by atoms with van der Waals surface area (Å²) in [7, 11) is 0. The van der Waals surface area contributed by atoms with Crippen molar-refractivity contribution in [2.24, 2.45) is 0 Å². The normalized spacial score (nSPS) is 19.0. The van der Waals surface area contributed by atoms with Crippen molar-refractivity contribution < 1.29 is 19.0 Å². The highest BCUT2D eigenvalue weighted by Crippen LogP contribution is 2.05. The summed E-state index contributed by atoms with van der Waals surface area (Å²) in [6, 6.07) is 0. The van der Waals surface area contributed by atoms with E-state index in [0.717, 1.165) is 13.1 Å². The van der Waals surface area contributed by atoms with E-state index < -0.39 is 0 Å². The number of hydrogen-bond donors (Lipinski definition) is 1. The van der Waals surface area contributed by atoms with Crippen molar-refractivity contribution in [1.29, 1.82) is 0 Å². The molecular weight excluding hydrogens is 260 g/mol. The highest BCUT2D eigenvalue weighted by atomic mass is 16.5. The van der Waals surface area contributed by atoms with Crippen molar-refractivity contribution >= 4 is 5.91 Å². The molecule has 1 heterocycles. The van der Waals surface area contributed by atoms with Crippen LogP contribution in [0.2, 0.25) is 0 Å². The average molecular weight is 288 g/mol. The summed E-state index contributed by atoms with van der Waals surface area (Å²) in [5.74, 6) is 0.109. The minimum atomic E-state index is -0.0158. The zero-order valence-electron chi connectivity index (χ0n) is 12.7. The number of nitrogens with zero attached hydrogens (tertiary/aromatic N) is 1. The second-order valence-electron chi connectivity index (χ2n) is 4.68. The highest BCUT2D eigenvalue weighted by Gasteiger charge is 2.21. The Morgan fingerprint density at radius 3 is 2.40 bits per heavy atom. The van der Waals surface area contributed by atoms with Gasteiger partial charge in [0.2, 0.25) is 5.91 Å². The minimum absolute atomic E-state index is 0.0158. The van der Waals surface area contributed by atoms with Gasteiger partial charge in [-0.3, -0.25) is 4.79 Å². The molecule has 1 atom stereocenters. The molecule has 6 nitrogen and oxygen atoms in total. The quantitative estimate of drug-likeness (QED) is 0.585. The van der Waals surface area contributed by atoms with E-state index in [2.05, 4.69) is 5.32 Å². The van der Waals surface area contributed by atoms with E-state index in [1.165, 1.54) is 0 Å². The van der Waals surface area contributed by atoms with Crippen molar-refractivity contribution in [3.63, 3.8) is 0 Å². The number of morpholine rings is 1. The largest absolute Gasteiger partial charge is 0.380 e. The summed E-state index contributed by atoms with van der Waals surface area (Å²) in [5.41, 5.74) is 0. The fourth-order valence-electron chi connectivity index (χ4n) is 2.07. The molecule has 1 aliphatic rings. The number of carbonyl (C=O) groups is 1. The van der Waals surface area contributed by atoms with E-state index in [9.17, 15) is 4.79 Å². The van der Waals surface area contributed by atoms with Gasteiger partial charge in [-0.25, -0.2) is 0 Å². The van der Waals surface area contributed by atoms with Crippen LogP contribution >= 0.6 is 0 Å². The fourth-order valence-corrected chi connectivity index (χ4v) is 2.07. The molecule has 20 heavy (non-hydrogen) atoms. The van der Waals surface area contributed by atoms with Crippen molar-refractivity contribution in [2.75, 3.05) is 59.2 Å². The van der Waals surface area contributed by atoms with Gasteiger partial charge >= 0.3 is 0 Å². The molecule has 0 radical (unpaired) electrons. The predicted octanol–water partition coefficient (Wildman–Crippen LogP) is 0.267. The molecule has 0 aromatic carbocycles. The molecule has 0 saturated carbocycles. The first-order valence-electron chi connectivity index (χ1n) is 7.53. The van der Waals surface area contributed by atoms with E-state index in [-0.39, 0.29) is 12.0 Å². The molecule has 0 aromatic rings. The Balaban J connectivity index is 2.35. The van der Waals surface area contributed by atoms with Gasteiger partial charge in [0.1, 0.15) is 0 Å². The molecule has 0 spiro atoms. The van der Waals surface area contributed by atoms with Crippen molar-refractivity contribution in [2.45, 2.75) is 26.4 Å². The molecule has 1 aliphatic heterocycles. The second-order valence-corrected chi connectivity index (χ2v) is 4.68. The third-order valence-electron chi connectivity index (χ3n) is 3.18. The maximum atomic E-state index is 12.3. The van der Waals surface area contributed by atoms with E-state index in [1.807, 2.05) is 18.7 Å². The second kappa shape index (κ2) is 11.0. The van der Waals surface area contributed by atoms with Gasteiger partial charge in [0.15, 0.2) is 0 Å². The van der Waals surface area contributed by atoms with Crippen molar-refractivity contribution in [3.8, 4) is 0 Å². The van der Waals surface area contributed by atoms with Gasteiger partial charge in [-0.2, -0.15) is 0 Å². The van der Waals surface area contributed by atoms with Crippen LogP contribution in [-0.4, -0.2) is 76.1 Å². The van der Waals surface area contributed by atoms with Gasteiger partial charge < -0.3 is 24.4 Å².